The summed E-state index contributed by atoms with van der Waals surface area (Å²) in [6.07, 6.45) is 5.85. The number of hydrogen-bond acceptors (Lipinski definition) is 3. The smallest absolute Gasteiger partial charge is 0.283 e. The molecule has 0 saturated carbocycles. The van der Waals surface area contributed by atoms with Crippen LogP contribution in [-0.2, 0) is 11.3 Å². The number of aliphatic hydroxyl groups excluding tert-OH is 1. The maximum Gasteiger partial charge on any atom is 0.283 e. The molecular formula is C9H17N2O2Si+. The third-order valence-electron chi connectivity index (χ3n) is 1.83. The van der Waals surface area contributed by atoms with E-state index in [-0.39, 0.29) is 0 Å². The Kier molecular flexibility index (Phi) is 5.51. The van der Waals surface area contributed by atoms with Gasteiger partial charge in [0.05, 0.1) is 31.6 Å². The van der Waals surface area contributed by atoms with E-state index in [2.05, 4.69) is 4.98 Å². The lowest BCUT2D eigenvalue weighted by molar-refractivity contribution is 0.0284. The first-order chi connectivity index (χ1) is 6.83. The summed E-state index contributed by atoms with van der Waals surface area (Å²) < 4.78 is 7.15. The molecule has 0 amide bonds. The number of hydrogen-bond donors (Lipinski definition) is 1. The van der Waals surface area contributed by atoms with Crippen LogP contribution in [0.25, 0.3) is 0 Å². The van der Waals surface area contributed by atoms with E-state index in [0.29, 0.717) is 13.2 Å². The summed E-state index contributed by atoms with van der Waals surface area (Å²) in [5.41, 5.74) is 0. The van der Waals surface area contributed by atoms with Crippen LogP contribution < -0.4 is 0 Å². The van der Waals surface area contributed by atoms with Gasteiger partial charge < -0.3 is 14.4 Å². The molecule has 78 valence electrons. The fourth-order valence-corrected chi connectivity index (χ4v) is 1.32. The van der Waals surface area contributed by atoms with Crippen molar-refractivity contribution in [2.75, 3.05) is 13.2 Å². The molecule has 1 aromatic heterocycles. The monoisotopic (exact) mass is 213 g/mol. The van der Waals surface area contributed by atoms with Crippen molar-refractivity contribution in [1.82, 2.24) is 9.55 Å². The van der Waals surface area contributed by atoms with Crippen LogP contribution in [0, 0.1) is 0 Å². The molecule has 0 aliphatic carbocycles. The fraction of sp³-hybridized carbons (Fsp3) is 0.667. The normalized spacial score (nSPS) is 12.9. The molecule has 0 aromatic carbocycles. The van der Waals surface area contributed by atoms with Crippen molar-refractivity contribution in [2.24, 2.45) is 0 Å². The van der Waals surface area contributed by atoms with Gasteiger partial charge in [0.25, 0.3) is 10.2 Å². The van der Waals surface area contributed by atoms with E-state index in [9.17, 15) is 5.11 Å². The van der Waals surface area contributed by atoms with Gasteiger partial charge in [-0.1, -0.05) is 0 Å². The zero-order valence-electron chi connectivity index (χ0n) is 8.30. The summed E-state index contributed by atoms with van der Waals surface area (Å²) in [5, 5.41) is 9.55. The van der Waals surface area contributed by atoms with E-state index in [4.69, 9.17) is 4.74 Å². The quantitative estimate of drug-likeness (QED) is 0.500. The van der Waals surface area contributed by atoms with Crippen molar-refractivity contribution < 1.29 is 9.84 Å². The summed E-state index contributed by atoms with van der Waals surface area (Å²) in [6.45, 7) is 1.69. The first kappa shape index (κ1) is 11.4. The Morgan fingerprint density at radius 3 is 3.07 bits per heavy atom. The number of aliphatic hydroxyl groups is 1. The molecule has 1 N–H and O–H groups in total. The van der Waals surface area contributed by atoms with Gasteiger partial charge in [0, 0.05) is 19.0 Å². The van der Waals surface area contributed by atoms with E-state index < -0.39 is 6.10 Å². The molecule has 0 fully saturated rings. The van der Waals surface area contributed by atoms with Crippen molar-refractivity contribution >= 4 is 10.2 Å². The molecule has 1 heterocycles. The van der Waals surface area contributed by atoms with E-state index in [1.54, 1.807) is 12.5 Å². The van der Waals surface area contributed by atoms with Crippen LogP contribution in [0.1, 0.15) is 6.42 Å². The average molecular weight is 213 g/mol. The SMILES string of the molecule is OC(COCCC[SiH2+])Cn1ccnc1. The minimum Gasteiger partial charge on any atom is -0.389 e. The molecule has 1 aromatic rings. The van der Waals surface area contributed by atoms with Crippen LogP contribution in [0.2, 0.25) is 6.04 Å². The second-order valence-electron chi connectivity index (χ2n) is 3.20. The first-order valence-electron chi connectivity index (χ1n) is 4.83. The molecule has 14 heavy (non-hydrogen) atoms. The van der Waals surface area contributed by atoms with Crippen molar-refractivity contribution in [2.45, 2.75) is 25.1 Å². The van der Waals surface area contributed by atoms with Gasteiger partial charge in [-0.15, -0.1) is 0 Å². The summed E-state index contributed by atoms with van der Waals surface area (Å²) >= 11 is 0. The molecule has 5 heteroatoms. The van der Waals surface area contributed by atoms with E-state index in [0.717, 1.165) is 19.1 Å². The van der Waals surface area contributed by atoms with Gasteiger partial charge in [-0.25, -0.2) is 4.98 Å². The lowest BCUT2D eigenvalue weighted by Gasteiger charge is -2.10. The van der Waals surface area contributed by atoms with Gasteiger partial charge in [-0.05, 0) is 6.42 Å². The van der Waals surface area contributed by atoms with Crippen LogP contribution in [0.5, 0.6) is 0 Å². The summed E-state index contributed by atoms with van der Waals surface area (Å²) in [4.78, 5) is 3.90. The van der Waals surface area contributed by atoms with Gasteiger partial charge in [-0.3, -0.25) is 0 Å². The Hall–Kier alpha value is -0.653. The highest BCUT2D eigenvalue weighted by Gasteiger charge is 2.04. The standard InChI is InChI=1S/C9H17N2O2Si/c12-9(7-13-4-1-5-14)6-11-3-2-10-8-11/h2-3,8-9,12H,1,4-7,14H2/q+1. The molecular weight excluding hydrogens is 196 g/mol. The Labute approximate surface area is 87.3 Å². The van der Waals surface area contributed by atoms with Crippen molar-refractivity contribution in [1.29, 1.82) is 0 Å². The maximum absolute atomic E-state index is 9.55. The van der Waals surface area contributed by atoms with Crippen molar-refractivity contribution in [3.05, 3.63) is 18.7 Å². The maximum atomic E-state index is 9.55. The summed E-state index contributed by atoms with van der Waals surface area (Å²) in [5.74, 6) is 0. The molecule has 4 nitrogen and oxygen atoms in total. The highest BCUT2D eigenvalue weighted by molar-refractivity contribution is 6.08. The van der Waals surface area contributed by atoms with Gasteiger partial charge in [0.2, 0.25) is 0 Å². The van der Waals surface area contributed by atoms with Crippen LogP contribution in [0.15, 0.2) is 18.7 Å². The molecule has 0 spiro atoms. The van der Waals surface area contributed by atoms with Crippen LogP contribution in [0.3, 0.4) is 0 Å². The second kappa shape index (κ2) is 6.75. The van der Waals surface area contributed by atoms with Gasteiger partial charge in [-0.2, -0.15) is 0 Å². The zero-order valence-corrected chi connectivity index (χ0v) is 9.72. The molecule has 1 rings (SSSR count). The van der Waals surface area contributed by atoms with E-state index in [1.807, 2.05) is 21.0 Å². The third-order valence-corrected chi connectivity index (χ3v) is 2.33. The fourth-order valence-electron chi connectivity index (χ4n) is 1.11. The van der Waals surface area contributed by atoms with Crippen LogP contribution >= 0.6 is 0 Å². The van der Waals surface area contributed by atoms with Gasteiger partial charge in [0.1, 0.15) is 0 Å². The number of nitrogens with zero attached hydrogens (tertiary/aromatic N) is 2. The first-order valence-corrected chi connectivity index (χ1v) is 5.83. The number of imidazole rings is 1. The largest absolute Gasteiger partial charge is 0.389 e. The second-order valence-corrected chi connectivity index (χ2v) is 3.90. The average Bonchev–Trinajstić information content (AvgIpc) is 2.65. The lowest BCUT2D eigenvalue weighted by atomic mass is 10.4. The number of rotatable bonds is 7. The number of ether oxygens (including phenoxy) is 1. The predicted octanol–water partition coefficient (Wildman–Crippen LogP) is -0.298. The molecule has 1 atom stereocenters. The molecule has 0 bridgehead atoms. The van der Waals surface area contributed by atoms with Gasteiger partial charge >= 0.3 is 0 Å². The Morgan fingerprint density at radius 2 is 2.43 bits per heavy atom. The summed E-state index contributed by atoms with van der Waals surface area (Å²) in [7, 11) is 1.94. The minimum atomic E-state index is -0.441. The molecule has 1 unspecified atom stereocenters. The number of aromatic nitrogens is 2. The highest BCUT2D eigenvalue weighted by Crippen LogP contribution is 1.94. The lowest BCUT2D eigenvalue weighted by Crippen LogP contribution is -2.21. The zero-order chi connectivity index (χ0) is 10.2. The third kappa shape index (κ3) is 4.55. The van der Waals surface area contributed by atoms with Crippen molar-refractivity contribution in [3.8, 4) is 0 Å². The summed E-state index contributed by atoms with van der Waals surface area (Å²) in [6, 6.07) is 1.15. The Morgan fingerprint density at radius 1 is 1.57 bits per heavy atom. The highest BCUT2D eigenvalue weighted by atomic mass is 28.1. The topological polar surface area (TPSA) is 47.3 Å². The Bertz CT molecular complexity index is 229. The molecule has 0 radical (unpaired) electrons. The molecule has 0 saturated heterocycles. The molecule has 0 aliphatic rings. The Balaban J connectivity index is 2.07. The van der Waals surface area contributed by atoms with Crippen LogP contribution in [0.4, 0.5) is 0 Å². The van der Waals surface area contributed by atoms with Gasteiger partial charge in [0.15, 0.2) is 0 Å². The van der Waals surface area contributed by atoms with Crippen molar-refractivity contribution in [3.63, 3.8) is 0 Å². The van der Waals surface area contributed by atoms with E-state index >= 15 is 0 Å². The predicted molar refractivity (Wildman–Crippen MR) is 57.0 cm³/mol. The van der Waals surface area contributed by atoms with E-state index in [1.165, 1.54) is 0 Å². The molecule has 0 aliphatic heterocycles. The minimum absolute atomic E-state index is 0.404. The van der Waals surface area contributed by atoms with Crippen LogP contribution in [-0.4, -0.2) is 44.2 Å².